The van der Waals surface area contributed by atoms with Crippen LogP contribution in [0.3, 0.4) is 0 Å². The lowest BCUT2D eigenvalue weighted by Crippen LogP contribution is -2.24. The molecule has 0 saturated carbocycles. The fourth-order valence-corrected chi connectivity index (χ4v) is 3.41. The van der Waals surface area contributed by atoms with Crippen molar-refractivity contribution in [2.45, 2.75) is 11.7 Å². The van der Waals surface area contributed by atoms with Crippen LogP contribution in [-0.2, 0) is 11.3 Å². The molecule has 2 N–H and O–H groups in total. The van der Waals surface area contributed by atoms with Crippen LogP contribution in [0, 0.1) is 0 Å². The number of carbonyl (C=O) groups excluding carboxylic acids is 1. The van der Waals surface area contributed by atoms with Crippen LogP contribution < -0.4 is 10.1 Å². The molecule has 1 heterocycles. The molecular formula is C18H17BrN4O2S. The highest BCUT2D eigenvalue weighted by molar-refractivity contribution is 9.10. The number of amides is 1. The monoisotopic (exact) mass is 432 g/mol. The Balaban J connectivity index is 1.53. The van der Waals surface area contributed by atoms with Gasteiger partial charge >= 0.3 is 0 Å². The molecule has 3 rings (SSSR count). The van der Waals surface area contributed by atoms with Crippen molar-refractivity contribution in [3.8, 4) is 17.1 Å². The molecule has 134 valence electrons. The van der Waals surface area contributed by atoms with E-state index in [9.17, 15) is 4.79 Å². The molecular weight excluding hydrogens is 416 g/mol. The van der Waals surface area contributed by atoms with E-state index in [2.05, 4.69) is 36.4 Å². The summed E-state index contributed by atoms with van der Waals surface area (Å²) >= 11 is 4.77. The highest BCUT2D eigenvalue weighted by atomic mass is 79.9. The van der Waals surface area contributed by atoms with E-state index < -0.39 is 0 Å². The second-order valence-corrected chi connectivity index (χ2v) is 7.12. The summed E-state index contributed by atoms with van der Waals surface area (Å²) in [6, 6.07) is 15.3. The fourth-order valence-electron chi connectivity index (χ4n) is 2.31. The molecule has 0 radical (unpaired) electrons. The van der Waals surface area contributed by atoms with E-state index in [-0.39, 0.29) is 11.7 Å². The van der Waals surface area contributed by atoms with Gasteiger partial charge in [-0.05, 0) is 12.1 Å². The van der Waals surface area contributed by atoms with E-state index in [1.807, 2.05) is 48.5 Å². The predicted octanol–water partition coefficient (Wildman–Crippen LogP) is 3.65. The number of nitrogens with zero attached hydrogens (tertiary/aromatic N) is 2. The zero-order chi connectivity index (χ0) is 18.4. The van der Waals surface area contributed by atoms with Crippen molar-refractivity contribution in [2.24, 2.45) is 0 Å². The molecule has 0 aliphatic carbocycles. The zero-order valence-electron chi connectivity index (χ0n) is 14.0. The Hall–Kier alpha value is -2.32. The van der Waals surface area contributed by atoms with E-state index in [0.29, 0.717) is 17.5 Å². The second-order valence-electron chi connectivity index (χ2n) is 5.32. The Bertz CT molecular complexity index is 900. The standard InChI is InChI=1S/C18H17BrN4O2S/c1-25-15-9-5-2-6-12(15)10-20-16(24)11-26-18-21-17(22-23-18)13-7-3-4-8-14(13)19/h2-9H,10-11H2,1H3,(H,20,24)(H,21,22,23). The summed E-state index contributed by atoms with van der Waals surface area (Å²) in [5.41, 5.74) is 1.86. The van der Waals surface area contributed by atoms with Gasteiger partial charge in [0.15, 0.2) is 5.82 Å². The minimum absolute atomic E-state index is 0.0897. The molecule has 0 unspecified atom stereocenters. The number of methoxy groups -OCH3 is 1. The zero-order valence-corrected chi connectivity index (χ0v) is 16.4. The van der Waals surface area contributed by atoms with Crippen LogP contribution in [0.5, 0.6) is 5.75 Å². The molecule has 26 heavy (non-hydrogen) atoms. The number of aromatic amines is 1. The highest BCUT2D eigenvalue weighted by Gasteiger charge is 2.11. The maximum Gasteiger partial charge on any atom is 0.230 e. The van der Waals surface area contributed by atoms with Crippen molar-refractivity contribution in [1.82, 2.24) is 20.5 Å². The van der Waals surface area contributed by atoms with Gasteiger partial charge in [0.2, 0.25) is 11.1 Å². The summed E-state index contributed by atoms with van der Waals surface area (Å²) in [5.74, 6) is 1.57. The first-order valence-electron chi connectivity index (χ1n) is 7.86. The molecule has 0 aliphatic rings. The Morgan fingerprint density at radius 2 is 2.00 bits per heavy atom. The summed E-state index contributed by atoms with van der Waals surface area (Å²) in [6.07, 6.45) is 0. The molecule has 0 spiro atoms. The van der Waals surface area contributed by atoms with Gasteiger partial charge in [0.25, 0.3) is 0 Å². The molecule has 1 amide bonds. The topological polar surface area (TPSA) is 79.9 Å². The van der Waals surface area contributed by atoms with Crippen LogP contribution in [0.25, 0.3) is 11.4 Å². The van der Waals surface area contributed by atoms with Crippen molar-refractivity contribution in [2.75, 3.05) is 12.9 Å². The molecule has 0 bridgehead atoms. The number of carbonyl (C=O) groups is 1. The fraction of sp³-hybridized carbons (Fsp3) is 0.167. The first kappa shape index (κ1) is 18.5. The number of H-pyrrole nitrogens is 1. The van der Waals surface area contributed by atoms with E-state index in [4.69, 9.17) is 4.74 Å². The molecule has 8 heteroatoms. The highest BCUT2D eigenvalue weighted by Crippen LogP contribution is 2.26. The SMILES string of the molecule is COc1ccccc1CNC(=O)CSc1n[nH]c(-c2ccccc2Br)n1. The molecule has 3 aromatic rings. The maximum absolute atomic E-state index is 12.1. The summed E-state index contributed by atoms with van der Waals surface area (Å²) < 4.78 is 6.21. The van der Waals surface area contributed by atoms with E-state index in [1.165, 1.54) is 11.8 Å². The van der Waals surface area contributed by atoms with Crippen LogP contribution in [0.2, 0.25) is 0 Å². The van der Waals surface area contributed by atoms with Gasteiger partial charge in [-0.1, -0.05) is 64.1 Å². The Morgan fingerprint density at radius 3 is 2.81 bits per heavy atom. The largest absolute Gasteiger partial charge is 0.496 e. The van der Waals surface area contributed by atoms with Crippen molar-refractivity contribution < 1.29 is 9.53 Å². The molecule has 0 aliphatic heterocycles. The van der Waals surface area contributed by atoms with Crippen molar-refractivity contribution in [1.29, 1.82) is 0 Å². The number of rotatable bonds is 7. The van der Waals surface area contributed by atoms with Crippen LogP contribution >= 0.6 is 27.7 Å². The number of hydrogen-bond acceptors (Lipinski definition) is 5. The Kier molecular flexibility index (Phi) is 6.30. The second kappa shape index (κ2) is 8.86. The van der Waals surface area contributed by atoms with Crippen LogP contribution in [0.15, 0.2) is 58.2 Å². The van der Waals surface area contributed by atoms with Gasteiger partial charge in [-0.25, -0.2) is 4.98 Å². The number of halogens is 1. The predicted molar refractivity (Wildman–Crippen MR) is 105 cm³/mol. The number of aromatic nitrogens is 3. The molecule has 1 aromatic heterocycles. The van der Waals surface area contributed by atoms with Crippen molar-refractivity contribution >= 4 is 33.6 Å². The van der Waals surface area contributed by atoms with Crippen LogP contribution in [0.1, 0.15) is 5.56 Å². The molecule has 0 fully saturated rings. The number of nitrogens with one attached hydrogen (secondary N) is 2. The van der Waals surface area contributed by atoms with Gasteiger partial charge in [-0.2, -0.15) is 0 Å². The first-order chi connectivity index (χ1) is 12.7. The lowest BCUT2D eigenvalue weighted by molar-refractivity contribution is -0.118. The Morgan fingerprint density at radius 1 is 1.23 bits per heavy atom. The summed E-state index contributed by atoms with van der Waals surface area (Å²) in [4.78, 5) is 16.5. The summed E-state index contributed by atoms with van der Waals surface area (Å²) in [5, 5.41) is 10.5. The summed E-state index contributed by atoms with van der Waals surface area (Å²) in [7, 11) is 1.61. The number of benzene rings is 2. The molecule has 0 saturated heterocycles. The van der Waals surface area contributed by atoms with E-state index in [0.717, 1.165) is 21.3 Å². The van der Waals surface area contributed by atoms with E-state index >= 15 is 0 Å². The smallest absolute Gasteiger partial charge is 0.230 e. The average Bonchev–Trinajstić information content (AvgIpc) is 3.14. The van der Waals surface area contributed by atoms with E-state index in [1.54, 1.807) is 7.11 Å². The molecule has 6 nitrogen and oxygen atoms in total. The van der Waals surface area contributed by atoms with Gasteiger partial charge in [0, 0.05) is 22.1 Å². The Labute approximate surface area is 163 Å². The van der Waals surface area contributed by atoms with Crippen molar-refractivity contribution in [3.05, 3.63) is 58.6 Å². The third-order valence-corrected chi connectivity index (χ3v) is 5.13. The van der Waals surface area contributed by atoms with Gasteiger partial charge < -0.3 is 10.1 Å². The molecule has 0 atom stereocenters. The number of hydrogen-bond donors (Lipinski definition) is 2. The molecule has 2 aromatic carbocycles. The third-order valence-electron chi connectivity index (χ3n) is 3.59. The normalized spacial score (nSPS) is 10.5. The van der Waals surface area contributed by atoms with Gasteiger partial charge in [0.05, 0.1) is 12.9 Å². The van der Waals surface area contributed by atoms with Gasteiger partial charge in [-0.3, -0.25) is 9.89 Å². The van der Waals surface area contributed by atoms with Gasteiger partial charge in [0.1, 0.15) is 5.75 Å². The lowest BCUT2D eigenvalue weighted by Gasteiger charge is -2.09. The quantitative estimate of drug-likeness (QED) is 0.556. The van der Waals surface area contributed by atoms with Gasteiger partial charge in [-0.15, -0.1) is 5.10 Å². The number of thioether (sulfide) groups is 1. The summed E-state index contributed by atoms with van der Waals surface area (Å²) in [6.45, 7) is 0.416. The first-order valence-corrected chi connectivity index (χ1v) is 9.64. The van der Waals surface area contributed by atoms with Crippen LogP contribution in [-0.4, -0.2) is 34.0 Å². The average molecular weight is 433 g/mol. The number of para-hydroxylation sites is 1. The van der Waals surface area contributed by atoms with Crippen LogP contribution in [0.4, 0.5) is 0 Å². The third kappa shape index (κ3) is 4.64. The van der Waals surface area contributed by atoms with Crippen molar-refractivity contribution in [3.63, 3.8) is 0 Å². The number of ether oxygens (including phenoxy) is 1. The minimum Gasteiger partial charge on any atom is -0.496 e. The maximum atomic E-state index is 12.1. The minimum atomic E-state index is -0.0897. The lowest BCUT2D eigenvalue weighted by atomic mass is 10.2.